The molecule has 0 saturated carbocycles. The minimum atomic E-state index is 0.0916. The summed E-state index contributed by atoms with van der Waals surface area (Å²) >= 11 is 2.21. The largest absolute Gasteiger partial charge is 0.478 e. The molecule has 0 amide bonds. The Morgan fingerprint density at radius 3 is 2.53 bits per heavy atom. The first kappa shape index (κ1) is 10.2. The summed E-state index contributed by atoms with van der Waals surface area (Å²) in [5.41, 5.74) is 0. The Bertz CT molecular complexity index is 531. The van der Waals surface area contributed by atoms with Crippen molar-refractivity contribution in [2.24, 2.45) is 0 Å². The molecular formula is C12H8INO. The number of hydrogen-bond donors (Lipinski definition) is 0. The van der Waals surface area contributed by atoms with Crippen molar-refractivity contribution in [3.8, 4) is 11.8 Å². The van der Waals surface area contributed by atoms with Gasteiger partial charge in [-0.15, -0.1) is 0 Å². The number of nitriles is 1. The van der Waals surface area contributed by atoms with Crippen LogP contribution in [-0.2, 0) is 0 Å². The Morgan fingerprint density at radius 2 is 1.87 bits per heavy atom. The summed E-state index contributed by atoms with van der Waals surface area (Å²) < 4.78 is 6.35. The number of halogens is 1. The highest BCUT2D eigenvalue weighted by Gasteiger charge is 2.02. The van der Waals surface area contributed by atoms with Crippen LogP contribution < -0.4 is 4.74 Å². The van der Waals surface area contributed by atoms with Gasteiger partial charge in [-0.2, -0.15) is 5.26 Å². The maximum atomic E-state index is 8.45. The lowest BCUT2D eigenvalue weighted by molar-refractivity contribution is 0.366. The van der Waals surface area contributed by atoms with Gasteiger partial charge in [0.2, 0.25) is 0 Å². The normalized spacial score (nSPS) is 9.87. The Kier molecular flexibility index (Phi) is 3.07. The molecule has 0 radical (unpaired) electrons. The zero-order valence-electron chi connectivity index (χ0n) is 7.90. The Hall–Kier alpha value is -1.28. The van der Waals surface area contributed by atoms with Crippen LogP contribution >= 0.6 is 22.6 Å². The quantitative estimate of drug-likeness (QED) is 0.797. The van der Waals surface area contributed by atoms with E-state index in [0.717, 1.165) is 14.7 Å². The average molecular weight is 309 g/mol. The van der Waals surface area contributed by atoms with Crippen LogP contribution in [-0.4, -0.2) is 6.61 Å². The molecule has 0 aliphatic rings. The zero-order chi connectivity index (χ0) is 10.7. The van der Waals surface area contributed by atoms with Crippen LogP contribution in [0.4, 0.5) is 0 Å². The van der Waals surface area contributed by atoms with Crippen LogP contribution in [0, 0.1) is 14.9 Å². The fourth-order valence-electron chi connectivity index (χ4n) is 1.41. The molecule has 0 unspecified atom stereocenters. The Balaban J connectivity index is 2.48. The maximum Gasteiger partial charge on any atom is 0.174 e. The topological polar surface area (TPSA) is 33.0 Å². The van der Waals surface area contributed by atoms with Gasteiger partial charge in [0.1, 0.15) is 11.8 Å². The van der Waals surface area contributed by atoms with Crippen LogP contribution in [0.2, 0.25) is 0 Å². The first-order valence-electron chi connectivity index (χ1n) is 4.49. The van der Waals surface area contributed by atoms with E-state index in [0.29, 0.717) is 0 Å². The third-order valence-electron chi connectivity index (χ3n) is 2.09. The standard InChI is InChI=1S/C12H8INO/c13-11-7-9-3-1-2-4-10(9)8-12(11)15-6-5-14/h1-4,7-8H,6H2. The van der Waals surface area contributed by atoms with Crippen molar-refractivity contribution in [2.75, 3.05) is 6.61 Å². The van der Waals surface area contributed by atoms with Gasteiger partial charge >= 0.3 is 0 Å². The Morgan fingerprint density at radius 1 is 1.20 bits per heavy atom. The van der Waals surface area contributed by atoms with E-state index in [-0.39, 0.29) is 6.61 Å². The molecule has 2 nitrogen and oxygen atoms in total. The minimum Gasteiger partial charge on any atom is -0.478 e. The molecule has 3 heteroatoms. The van der Waals surface area contributed by atoms with Gasteiger partial charge in [0.05, 0.1) is 3.57 Å². The van der Waals surface area contributed by atoms with Crippen molar-refractivity contribution in [1.82, 2.24) is 0 Å². The first-order chi connectivity index (χ1) is 7.31. The molecule has 0 saturated heterocycles. The van der Waals surface area contributed by atoms with E-state index in [2.05, 4.69) is 34.7 Å². The zero-order valence-corrected chi connectivity index (χ0v) is 10.1. The fourth-order valence-corrected chi connectivity index (χ4v) is 2.06. The van der Waals surface area contributed by atoms with Crippen molar-refractivity contribution in [2.45, 2.75) is 0 Å². The fraction of sp³-hybridized carbons (Fsp3) is 0.0833. The molecule has 0 aromatic heterocycles. The SMILES string of the molecule is N#CCOc1cc2ccccc2cc1I. The lowest BCUT2D eigenvalue weighted by Crippen LogP contribution is -1.95. The second kappa shape index (κ2) is 4.49. The molecular weight excluding hydrogens is 301 g/mol. The molecule has 0 spiro atoms. The molecule has 2 rings (SSSR count). The number of hydrogen-bond acceptors (Lipinski definition) is 2. The van der Waals surface area contributed by atoms with Crippen molar-refractivity contribution >= 4 is 33.4 Å². The second-order valence-corrected chi connectivity index (χ2v) is 4.24. The van der Waals surface area contributed by atoms with E-state index in [1.54, 1.807) is 0 Å². The molecule has 2 aromatic carbocycles. The van der Waals surface area contributed by atoms with Crippen LogP contribution in [0.5, 0.6) is 5.75 Å². The third-order valence-corrected chi connectivity index (χ3v) is 2.94. The van der Waals surface area contributed by atoms with E-state index in [1.807, 2.05) is 30.3 Å². The van der Waals surface area contributed by atoms with Crippen molar-refractivity contribution in [3.63, 3.8) is 0 Å². The van der Waals surface area contributed by atoms with E-state index in [1.165, 1.54) is 5.39 Å². The van der Waals surface area contributed by atoms with Crippen LogP contribution in [0.1, 0.15) is 0 Å². The highest BCUT2D eigenvalue weighted by molar-refractivity contribution is 14.1. The molecule has 15 heavy (non-hydrogen) atoms. The van der Waals surface area contributed by atoms with Crippen molar-refractivity contribution in [3.05, 3.63) is 40.0 Å². The Labute approximate surface area is 102 Å². The van der Waals surface area contributed by atoms with Crippen molar-refractivity contribution in [1.29, 1.82) is 5.26 Å². The van der Waals surface area contributed by atoms with E-state index >= 15 is 0 Å². The van der Waals surface area contributed by atoms with Gasteiger partial charge in [-0.3, -0.25) is 0 Å². The minimum absolute atomic E-state index is 0.0916. The summed E-state index contributed by atoms with van der Waals surface area (Å²) in [6, 6.07) is 14.1. The molecule has 0 fully saturated rings. The third kappa shape index (κ3) is 2.21. The second-order valence-electron chi connectivity index (χ2n) is 3.08. The number of benzene rings is 2. The summed E-state index contributed by atoms with van der Waals surface area (Å²) in [6.45, 7) is 0.0916. The predicted octanol–water partition coefficient (Wildman–Crippen LogP) is 3.35. The van der Waals surface area contributed by atoms with Crippen molar-refractivity contribution < 1.29 is 4.74 Å². The van der Waals surface area contributed by atoms with Gasteiger partial charge in [0.15, 0.2) is 6.61 Å². The summed E-state index contributed by atoms with van der Waals surface area (Å²) in [7, 11) is 0. The summed E-state index contributed by atoms with van der Waals surface area (Å²) in [5, 5.41) is 10.8. The lowest BCUT2D eigenvalue weighted by Gasteiger charge is -2.06. The van der Waals surface area contributed by atoms with Gasteiger partial charge in [-0.05, 0) is 45.5 Å². The predicted molar refractivity (Wildman–Crippen MR) is 67.8 cm³/mol. The van der Waals surface area contributed by atoms with Crippen LogP contribution in [0.25, 0.3) is 10.8 Å². The monoisotopic (exact) mass is 309 g/mol. The molecule has 0 aliphatic carbocycles. The van der Waals surface area contributed by atoms with E-state index in [4.69, 9.17) is 10.00 Å². The smallest absolute Gasteiger partial charge is 0.174 e. The maximum absolute atomic E-state index is 8.45. The lowest BCUT2D eigenvalue weighted by atomic mass is 10.1. The molecule has 74 valence electrons. The summed E-state index contributed by atoms with van der Waals surface area (Å²) in [5.74, 6) is 0.774. The summed E-state index contributed by atoms with van der Waals surface area (Å²) in [6.07, 6.45) is 0. The number of nitrogens with zero attached hydrogens (tertiary/aromatic N) is 1. The van der Waals surface area contributed by atoms with Crippen LogP contribution in [0.15, 0.2) is 36.4 Å². The highest BCUT2D eigenvalue weighted by Crippen LogP contribution is 2.27. The molecule has 0 aliphatic heterocycles. The van der Waals surface area contributed by atoms with E-state index < -0.39 is 0 Å². The van der Waals surface area contributed by atoms with Gasteiger partial charge in [-0.1, -0.05) is 24.3 Å². The van der Waals surface area contributed by atoms with E-state index in [9.17, 15) is 0 Å². The first-order valence-corrected chi connectivity index (χ1v) is 5.57. The highest BCUT2D eigenvalue weighted by atomic mass is 127. The molecule has 0 bridgehead atoms. The molecule has 0 heterocycles. The number of rotatable bonds is 2. The van der Waals surface area contributed by atoms with Gasteiger partial charge < -0.3 is 4.74 Å². The molecule has 2 aromatic rings. The average Bonchev–Trinajstić information content (AvgIpc) is 2.26. The number of ether oxygens (including phenoxy) is 1. The van der Waals surface area contributed by atoms with Gasteiger partial charge in [0.25, 0.3) is 0 Å². The number of fused-ring (bicyclic) bond motifs is 1. The summed E-state index contributed by atoms with van der Waals surface area (Å²) in [4.78, 5) is 0. The molecule has 0 atom stereocenters. The van der Waals surface area contributed by atoms with Gasteiger partial charge in [-0.25, -0.2) is 0 Å². The van der Waals surface area contributed by atoms with Gasteiger partial charge in [0, 0.05) is 0 Å². The molecule has 0 N–H and O–H groups in total. The van der Waals surface area contributed by atoms with Crippen LogP contribution in [0.3, 0.4) is 0 Å².